The first-order valence-corrected chi connectivity index (χ1v) is 10.9. The first-order chi connectivity index (χ1) is 15.9. The van der Waals surface area contributed by atoms with E-state index in [4.69, 9.17) is 15.2 Å². The zero-order valence-electron chi connectivity index (χ0n) is 18.4. The molecule has 33 heavy (non-hydrogen) atoms. The van der Waals surface area contributed by atoms with Crippen LogP contribution in [0.4, 0.5) is 11.4 Å². The molecule has 0 fully saturated rings. The smallest absolute Gasteiger partial charge is 0.355 e. The lowest BCUT2D eigenvalue weighted by Crippen LogP contribution is -2.41. The Morgan fingerprint density at radius 2 is 1.82 bits per heavy atom. The molecule has 2 aromatic rings. The van der Waals surface area contributed by atoms with E-state index in [1.807, 2.05) is 19.1 Å². The third kappa shape index (κ3) is 4.43. The summed E-state index contributed by atoms with van der Waals surface area (Å²) in [5, 5.41) is 13.3. The van der Waals surface area contributed by atoms with Crippen molar-refractivity contribution in [3.05, 3.63) is 81.2 Å². The summed E-state index contributed by atoms with van der Waals surface area (Å²) in [5.74, 6) is -2.46. The van der Waals surface area contributed by atoms with Crippen LogP contribution >= 0.6 is 15.9 Å². The number of hydrogen-bond acceptors (Lipinski definition) is 8. The summed E-state index contributed by atoms with van der Waals surface area (Å²) in [6, 6.07) is 16.4. The van der Waals surface area contributed by atoms with Crippen molar-refractivity contribution in [1.82, 2.24) is 0 Å². The van der Waals surface area contributed by atoms with Gasteiger partial charge in [0, 0.05) is 11.0 Å². The number of rotatable bonds is 6. The van der Waals surface area contributed by atoms with Crippen LogP contribution < -0.4 is 16.0 Å². The van der Waals surface area contributed by atoms with Gasteiger partial charge < -0.3 is 20.5 Å². The lowest BCUT2D eigenvalue weighted by Gasteiger charge is -2.36. The molecule has 8 nitrogen and oxygen atoms in total. The lowest BCUT2D eigenvalue weighted by atomic mass is 9.81. The topological polar surface area (TPSA) is 118 Å². The van der Waals surface area contributed by atoms with E-state index in [2.05, 4.69) is 27.3 Å². The van der Waals surface area contributed by atoms with Crippen LogP contribution in [0, 0.1) is 11.3 Å². The highest BCUT2D eigenvalue weighted by molar-refractivity contribution is 9.10. The van der Waals surface area contributed by atoms with Crippen molar-refractivity contribution in [2.24, 2.45) is 5.73 Å². The standard InChI is InChI=1S/C24H23BrN4O4/c1-4-28-17-11-10-15(25)12-18(17)29-21(24(31)33-3)20(23(30)32-2)19(16(13-26)22(29)27)14-8-6-5-7-9-14/h5-12,19,28H,4,27H2,1-3H3. The third-order valence-corrected chi connectivity index (χ3v) is 5.67. The molecule has 0 saturated heterocycles. The molecular weight excluding hydrogens is 488 g/mol. The molecule has 0 saturated carbocycles. The maximum atomic E-state index is 13.1. The van der Waals surface area contributed by atoms with Crippen LogP contribution in [0.5, 0.6) is 0 Å². The van der Waals surface area contributed by atoms with E-state index in [0.29, 0.717) is 28.0 Å². The molecular formula is C24H23BrN4O4. The number of methoxy groups -OCH3 is 2. The molecule has 0 amide bonds. The predicted octanol–water partition coefficient (Wildman–Crippen LogP) is 3.78. The van der Waals surface area contributed by atoms with Gasteiger partial charge in [-0.25, -0.2) is 9.59 Å². The quantitative estimate of drug-likeness (QED) is 0.563. The first-order valence-electron chi connectivity index (χ1n) is 10.1. The Kier molecular flexibility index (Phi) is 7.41. The van der Waals surface area contributed by atoms with Crippen LogP contribution in [-0.4, -0.2) is 32.7 Å². The normalized spacial score (nSPS) is 15.7. The SMILES string of the molecule is CCNc1ccc(Br)cc1N1C(N)=C(C#N)C(c2ccccc2)C(C(=O)OC)=C1C(=O)OC. The van der Waals surface area contributed by atoms with Crippen molar-refractivity contribution >= 4 is 39.2 Å². The molecule has 1 aliphatic heterocycles. The molecule has 0 spiro atoms. The second kappa shape index (κ2) is 10.2. The largest absolute Gasteiger partial charge is 0.466 e. The number of benzene rings is 2. The third-order valence-electron chi connectivity index (χ3n) is 5.18. The number of nitrogens with zero attached hydrogens (tertiary/aromatic N) is 2. The zero-order valence-corrected chi connectivity index (χ0v) is 20.0. The summed E-state index contributed by atoms with van der Waals surface area (Å²) in [4.78, 5) is 27.6. The van der Waals surface area contributed by atoms with Gasteiger partial charge in [-0.1, -0.05) is 46.3 Å². The monoisotopic (exact) mass is 510 g/mol. The summed E-state index contributed by atoms with van der Waals surface area (Å²) < 4.78 is 10.8. The van der Waals surface area contributed by atoms with E-state index < -0.39 is 17.9 Å². The van der Waals surface area contributed by atoms with Crippen molar-refractivity contribution < 1.29 is 19.1 Å². The van der Waals surface area contributed by atoms with E-state index in [1.54, 1.807) is 36.4 Å². The van der Waals surface area contributed by atoms with Crippen molar-refractivity contribution in [2.75, 3.05) is 31.0 Å². The molecule has 1 unspecified atom stereocenters. The van der Waals surface area contributed by atoms with Crippen LogP contribution in [-0.2, 0) is 19.1 Å². The number of halogens is 1. The first kappa shape index (κ1) is 23.9. The Bertz CT molecular complexity index is 1180. The van der Waals surface area contributed by atoms with E-state index >= 15 is 0 Å². The molecule has 0 bridgehead atoms. The van der Waals surface area contributed by atoms with Gasteiger partial charge in [-0.3, -0.25) is 4.90 Å². The zero-order chi connectivity index (χ0) is 24.1. The number of nitrogens with two attached hydrogens (primary N) is 1. The summed E-state index contributed by atoms with van der Waals surface area (Å²) in [5.41, 5.74) is 8.21. The summed E-state index contributed by atoms with van der Waals surface area (Å²) in [7, 11) is 2.43. The second-order valence-electron chi connectivity index (χ2n) is 7.03. The van der Waals surface area contributed by atoms with Crippen LogP contribution in [0.25, 0.3) is 0 Å². The van der Waals surface area contributed by atoms with Gasteiger partial charge in [-0.05, 0) is 30.7 Å². The fraction of sp³-hybridized carbons (Fsp3) is 0.208. The maximum absolute atomic E-state index is 13.1. The summed E-state index contributed by atoms with van der Waals surface area (Å²) >= 11 is 3.45. The number of hydrogen-bond donors (Lipinski definition) is 2. The fourth-order valence-corrected chi connectivity index (χ4v) is 4.14. The Morgan fingerprint density at radius 1 is 1.15 bits per heavy atom. The van der Waals surface area contributed by atoms with Gasteiger partial charge in [-0.15, -0.1) is 0 Å². The molecule has 1 heterocycles. The van der Waals surface area contributed by atoms with Crippen molar-refractivity contribution in [3.63, 3.8) is 0 Å². The number of carbonyl (C=O) groups excluding carboxylic acids is 2. The molecule has 0 aromatic heterocycles. The molecule has 1 atom stereocenters. The Labute approximate surface area is 200 Å². The maximum Gasteiger partial charge on any atom is 0.355 e. The second-order valence-corrected chi connectivity index (χ2v) is 7.94. The minimum Gasteiger partial charge on any atom is -0.466 e. The molecule has 0 aliphatic carbocycles. The number of anilines is 2. The number of esters is 2. The molecule has 170 valence electrons. The van der Waals surface area contributed by atoms with Crippen LogP contribution in [0.15, 0.2) is 75.7 Å². The van der Waals surface area contributed by atoms with Crippen molar-refractivity contribution in [3.8, 4) is 6.07 Å². The fourth-order valence-electron chi connectivity index (χ4n) is 3.79. The van der Waals surface area contributed by atoms with Crippen LogP contribution in [0.2, 0.25) is 0 Å². The van der Waals surface area contributed by atoms with Gasteiger partial charge in [0.15, 0.2) is 0 Å². The minimum atomic E-state index is -0.913. The van der Waals surface area contributed by atoms with Gasteiger partial charge in [0.1, 0.15) is 11.5 Å². The number of carbonyl (C=O) groups is 2. The van der Waals surface area contributed by atoms with Crippen molar-refractivity contribution in [1.29, 1.82) is 5.26 Å². The number of nitrogens with one attached hydrogen (secondary N) is 1. The average Bonchev–Trinajstić information content (AvgIpc) is 2.84. The molecule has 9 heteroatoms. The Balaban J connectivity index is 2.45. The molecule has 1 aliphatic rings. The Hall–Kier alpha value is -3.77. The van der Waals surface area contributed by atoms with E-state index in [9.17, 15) is 14.9 Å². The number of ether oxygens (including phenoxy) is 2. The van der Waals surface area contributed by atoms with E-state index in [0.717, 1.165) is 0 Å². The highest BCUT2D eigenvalue weighted by Crippen LogP contribution is 2.45. The average molecular weight is 511 g/mol. The van der Waals surface area contributed by atoms with Gasteiger partial charge in [0.25, 0.3) is 0 Å². The molecule has 3 N–H and O–H groups in total. The van der Waals surface area contributed by atoms with Gasteiger partial charge >= 0.3 is 11.9 Å². The van der Waals surface area contributed by atoms with E-state index in [-0.39, 0.29) is 22.7 Å². The van der Waals surface area contributed by atoms with Gasteiger partial charge in [-0.2, -0.15) is 5.26 Å². The van der Waals surface area contributed by atoms with Crippen LogP contribution in [0.3, 0.4) is 0 Å². The van der Waals surface area contributed by atoms with Crippen molar-refractivity contribution in [2.45, 2.75) is 12.8 Å². The molecule has 3 rings (SSSR count). The van der Waals surface area contributed by atoms with Gasteiger partial charge in [0.2, 0.25) is 0 Å². The molecule has 2 aromatic carbocycles. The number of allylic oxidation sites excluding steroid dienone is 1. The minimum absolute atomic E-state index is 0.0108. The predicted molar refractivity (Wildman–Crippen MR) is 128 cm³/mol. The highest BCUT2D eigenvalue weighted by Gasteiger charge is 2.43. The highest BCUT2D eigenvalue weighted by atomic mass is 79.9. The number of nitriles is 1. The van der Waals surface area contributed by atoms with E-state index in [1.165, 1.54) is 19.1 Å². The van der Waals surface area contributed by atoms with Crippen LogP contribution in [0.1, 0.15) is 18.4 Å². The molecule has 0 radical (unpaired) electrons. The summed E-state index contributed by atoms with van der Waals surface area (Å²) in [6.07, 6.45) is 0. The Morgan fingerprint density at radius 3 is 2.39 bits per heavy atom. The summed E-state index contributed by atoms with van der Waals surface area (Å²) in [6.45, 7) is 2.51. The van der Waals surface area contributed by atoms with Gasteiger partial charge in [0.05, 0.1) is 48.7 Å². The lowest BCUT2D eigenvalue weighted by molar-refractivity contribution is -0.139.